The summed E-state index contributed by atoms with van der Waals surface area (Å²) < 4.78 is 11.4. The molecule has 0 radical (unpaired) electrons. The molecule has 0 saturated carbocycles. The first-order valence-electron chi connectivity index (χ1n) is 7.07. The second kappa shape index (κ2) is 6.76. The van der Waals surface area contributed by atoms with Gasteiger partial charge in [0.1, 0.15) is 18.4 Å². The lowest BCUT2D eigenvalue weighted by Gasteiger charge is -2.26. The van der Waals surface area contributed by atoms with Crippen LogP contribution in [0.3, 0.4) is 0 Å². The Morgan fingerprint density at radius 2 is 2.23 bits per heavy atom. The third-order valence-electron chi connectivity index (χ3n) is 3.20. The number of ether oxygens (including phenoxy) is 2. The molecule has 0 saturated heterocycles. The largest absolute Gasteiger partial charge is 0.486 e. The maximum atomic E-state index is 12.1. The molecule has 116 valence electrons. The van der Waals surface area contributed by atoms with Crippen molar-refractivity contribution in [2.75, 3.05) is 19.7 Å². The Balaban J connectivity index is 1.53. The van der Waals surface area contributed by atoms with E-state index in [0.29, 0.717) is 37.6 Å². The fraction of sp³-hybridized carbons (Fsp3) is 0.333. The number of nitrogens with two attached hydrogens (primary N) is 1. The zero-order chi connectivity index (χ0) is 15.4. The molecule has 2 aromatic rings. The van der Waals surface area contributed by atoms with Crippen molar-refractivity contribution in [3.05, 3.63) is 40.3 Å². The number of para-hydroxylation sites is 2. The van der Waals surface area contributed by atoms with Crippen molar-refractivity contribution < 1.29 is 14.3 Å². The molecule has 1 amide bonds. The minimum absolute atomic E-state index is 0.206. The number of aromatic nitrogens is 1. The summed E-state index contributed by atoms with van der Waals surface area (Å²) in [4.78, 5) is 16.3. The number of nitrogens with zero attached hydrogens (tertiary/aromatic N) is 1. The van der Waals surface area contributed by atoms with Gasteiger partial charge in [0.15, 0.2) is 11.5 Å². The smallest absolute Gasteiger partial charge is 0.270 e. The van der Waals surface area contributed by atoms with Crippen LogP contribution >= 0.6 is 11.3 Å². The number of rotatable bonds is 5. The third-order valence-corrected chi connectivity index (χ3v) is 4.11. The van der Waals surface area contributed by atoms with Crippen LogP contribution in [-0.4, -0.2) is 36.7 Å². The zero-order valence-electron chi connectivity index (χ0n) is 12.0. The minimum atomic E-state index is -0.207. The highest BCUT2D eigenvalue weighted by Crippen LogP contribution is 2.30. The van der Waals surface area contributed by atoms with Crippen molar-refractivity contribution in [3.8, 4) is 11.5 Å². The number of thiazole rings is 1. The summed E-state index contributed by atoms with van der Waals surface area (Å²) >= 11 is 1.45. The van der Waals surface area contributed by atoms with E-state index in [2.05, 4.69) is 10.3 Å². The minimum Gasteiger partial charge on any atom is -0.486 e. The van der Waals surface area contributed by atoms with E-state index in [9.17, 15) is 4.79 Å². The van der Waals surface area contributed by atoms with Gasteiger partial charge < -0.3 is 20.5 Å². The summed E-state index contributed by atoms with van der Waals surface area (Å²) in [6.07, 6.45) is 0.481. The van der Waals surface area contributed by atoms with Gasteiger partial charge in [-0.25, -0.2) is 4.98 Å². The molecule has 7 heteroatoms. The molecule has 6 nitrogen and oxygen atoms in total. The summed E-state index contributed by atoms with van der Waals surface area (Å²) in [5.74, 6) is 1.23. The van der Waals surface area contributed by atoms with Crippen LogP contribution in [0.2, 0.25) is 0 Å². The Kier molecular flexibility index (Phi) is 4.55. The van der Waals surface area contributed by atoms with Crippen molar-refractivity contribution in [3.63, 3.8) is 0 Å². The lowest BCUT2D eigenvalue weighted by atomic mass is 10.2. The molecular weight excluding hydrogens is 302 g/mol. The number of nitrogens with one attached hydrogen (secondary N) is 1. The lowest BCUT2D eigenvalue weighted by Crippen LogP contribution is -2.40. The number of hydrogen-bond donors (Lipinski definition) is 2. The van der Waals surface area contributed by atoms with Crippen molar-refractivity contribution in [1.82, 2.24) is 10.3 Å². The molecule has 1 aromatic heterocycles. The van der Waals surface area contributed by atoms with Crippen LogP contribution in [0.4, 0.5) is 0 Å². The maximum Gasteiger partial charge on any atom is 0.270 e. The molecule has 2 heterocycles. The highest BCUT2D eigenvalue weighted by Gasteiger charge is 2.21. The standard InChI is InChI=1S/C15H17N3O3S/c16-6-5-14-18-11(9-22-14)15(19)17-7-10-8-20-12-3-1-2-4-13(12)21-10/h1-4,9-10H,5-8,16H2,(H,17,19). The van der Waals surface area contributed by atoms with Gasteiger partial charge in [-0.05, 0) is 18.7 Å². The molecule has 3 N–H and O–H groups in total. The first kappa shape index (κ1) is 14.8. The van der Waals surface area contributed by atoms with Crippen molar-refractivity contribution in [2.24, 2.45) is 5.73 Å². The molecule has 22 heavy (non-hydrogen) atoms. The number of hydrogen-bond acceptors (Lipinski definition) is 6. The lowest BCUT2D eigenvalue weighted by molar-refractivity contribution is 0.0786. The van der Waals surface area contributed by atoms with Crippen LogP contribution in [0.15, 0.2) is 29.6 Å². The number of amides is 1. The van der Waals surface area contributed by atoms with Gasteiger partial charge in [0.05, 0.1) is 11.6 Å². The van der Waals surface area contributed by atoms with E-state index >= 15 is 0 Å². The first-order chi connectivity index (χ1) is 10.8. The van der Waals surface area contributed by atoms with E-state index in [-0.39, 0.29) is 12.0 Å². The molecule has 0 aliphatic carbocycles. The Bertz CT molecular complexity index is 659. The van der Waals surface area contributed by atoms with E-state index in [1.807, 2.05) is 24.3 Å². The second-order valence-corrected chi connectivity index (χ2v) is 5.82. The number of fused-ring (bicyclic) bond motifs is 1. The molecule has 3 rings (SSSR count). The average molecular weight is 319 g/mol. The molecule has 0 bridgehead atoms. The highest BCUT2D eigenvalue weighted by molar-refractivity contribution is 7.09. The number of benzene rings is 1. The molecule has 1 aromatic carbocycles. The number of carbonyl (C=O) groups is 1. The molecule has 1 aliphatic rings. The Hall–Kier alpha value is -2.12. The van der Waals surface area contributed by atoms with Gasteiger partial charge >= 0.3 is 0 Å². The summed E-state index contributed by atoms with van der Waals surface area (Å²) in [5.41, 5.74) is 5.90. The molecule has 0 spiro atoms. The Morgan fingerprint density at radius 1 is 1.41 bits per heavy atom. The molecule has 1 atom stereocenters. The molecule has 0 fully saturated rings. The first-order valence-corrected chi connectivity index (χ1v) is 7.95. The van der Waals surface area contributed by atoms with E-state index in [1.165, 1.54) is 11.3 Å². The summed E-state index contributed by atoms with van der Waals surface area (Å²) in [7, 11) is 0. The van der Waals surface area contributed by atoms with Gasteiger partial charge in [0.2, 0.25) is 0 Å². The van der Waals surface area contributed by atoms with Crippen LogP contribution in [0, 0.1) is 0 Å². The maximum absolute atomic E-state index is 12.1. The van der Waals surface area contributed by atoms with Gasteiger partial charge in [-0.1, -0.05) is 12.1 Å². The summed E-state index contributed by atoms with van der Waals surface area (Å²) in [5, 5.41) is 5.44. The van der Waals surface area contributed by atoms with Crippen LogP contribution in [0.1, 0.15) is 15.5 Å². The van der Waals surface area contributed by atoms with Gasteiger partial charge in [-0.15, -0.1) is 11.3 Å². The SMILES string of the molecule is NCCc1nc(C(=O)NCC2COc3ccccc3O2)cs1. The zero-order valence-corrected chi connectivity index (χ0v) is 12.8. The van der Waals surface area contributed by atoms with Crippen LogP contribution in [-0.2, 0) is 6.42 Å². The van der Waals surface area contributed by atoms with E-state index in [0.717, 1.165) is 10.8 Å². The van der Waals surface area contributed by atoms with E-state index in [1.54, 1.807) is 5.38 Å². The highest BCUT2D eigenvalue weighted by atomic mass is 32.1. The molecular formula is C15H17N3O3S. The van der Waals surface area contributed by atoms with Crippen LogP contribution < -0.4 is 20.5 Å². The Labute approximate surface area is 132 Å². The topological polar surface area (TPSA) is 86.5 Å². The van der Waals surface area contributed by atoms with Gasteiger partial charge in [-0.2, -0.15) is 0 Å². The van der Waals surface area contributed by atoms with Gasteiger partial charge in [0.25, 0.3) is 5.91 Å². The van der Waals surface area contributed by atoms with E-state index < -0.39 is 0 Å². The fourth-order valence-corrected chi connectivity index (χ4v) is 2.91. The molecule has 1 unspecified atom stereocenters. The third kappa shape index (κ3) is 3.37. The van der Waals surface area contributed by atoms with Crippen LogP contribution in [0.25, 0.3) is 0 Å². The van der Waals surface area contributed by atoms with Crippen molar-refractivity contribution in [1.29, 1.82) is 0 Å². The summed E-state index contributed by atoms with van der Waals surface area (Å²) in [6.45, 7) is 1.31. The van der Waals surface area contributed by atoms with Gasteiger partial charge in [0, 0.05) is 11.8 Å². The van der Waals surface area contributed by atoms with Crippen molar-refractivity contribution >= 4 is 17.2 Å². The van der Waals surface area contributed by atoms with Crippen molar-refractivity contribution in [2.45, 2.75) is 12.5 Å². The van der Waals surface area contributed by atoms with Crippen LogP contribution in [0.5, 0.6) is 11.5 Å². The normalized spacial score (nSPS) is 16.3. The quantitative estimate of drug-likeness (QED) is 0.865. The summed E-state index contributed by atoms with van der Waals surface area (Å²) in [6, 6.07) is 7.49. The Morgan fingerprint density at radius 3 is 3.05 bits per heavy atom. The monoisotopic (exact) mass is 319 g/mol. The number of carbonyl (C=O) groups excluding carboxylic acids is 1. The fourth-order valence-electron chi connectivity index (χ4n) is 2.11. The van der Waals surface area contributed by atoms with E-state index in [4.69, 9.17) is 15.2 Å². The average Bonchev–Trinajstić information content (AvgIpc) is 3.01. The molecule has 1 aliphatic heterocycles. The van der Waals surface area contributed by atoms with Gasteiger partial charge in [-0.3, -0.25) is 4.79 Å². The predicted octanol–water partition coefficient (Wildman–Crippen LogP) is 1.21. The second-order valence-electron chi connectivity index (χ2n) is 4.87. The predicted molar refractivity (Wildman–Crippen MR) is 83.6 cm³/mol.